The predicted octanol–water partition coefficient (Wildman–Crippen LogP) is 1.13. The molecule has 0 aliphatic heterocycles. The summed E-state index contributed by atoms with van der Waals surface area (Å²) in [7, 11) is -2.14. The van der Waals surface area contributed by atoms with Crippen LogP contribution in [0.25, 0.3) is 0 Å². The van der Waals surface area contributed by atoms with E-state index in [-0.39, 0.29) is 17.4 Å². The molecular formula is C13H19NO4S. The van der Waals surface area contributed by atoms with E-state index in [2.05, 4.69) is 4.72 Å². The Hall–Kier alpha value is -1.11. The maximum absolute atomic E-state index is 12.1. The van der Waals surface area contributed by atoms with E-state index in [9.17, 15) is 13.5 Å². The number of hydrogen-bond acceptors (Lipinski definition) is 4. The molecule has 2 rings (SSSR count). The molecule has 6 heteroatoms. The van der Waals surface area contributed by atoms with Gasteiger partial charge in [0.1, 0.15) is 5.75 Å². The molecule has 0 saturated heterocycles. The molecule has 0 bridgehead atoms. The summed E-state index contributed by atoms with van der Waals surface area (Å²) in [5.74, 6) is 0.678. The van der Waals surface area contributed by atoms with Gasteiger partial charge < -0.3 is 9.84 Å². The van der Waals surface area contributed by atoms with E-state index in [1.807, 2.05) is 0 Å². The van der Waals surface area contributed by atoms with E-state index < -0.39 is 15.6 Å². The van der Waals surface area contributed by atoms with E-state index in [0.717, 1.165) is 12.8 Å². The van der Waals surface area contributed by atoms with Crippen LogP contribution in [0.2, 0.25) is 0 Å². The maximum atomic E-state index is 12.1. The summed E-state index contributed by atoms with van der Waals surface area (Å²) in [6, 6.07) is 6.25. The largest absolute Gasteiger partial charge is 0.497 e. The number of aliphatic hydroxyl groups is 1. The van der Waals surface area contributed by atoms with Crippen molar-refractivity contribution in [2.24, 2.45) is 5.92 Å². The Morgan fingerprint density at radius 2 is 2.16 bits per heavy atom. The molecule has 5 nitrogen and oxygen atoms in total. The Bertz CT molecular complexity index is 550. The monoisotopic (exact) mass is 285 g/mol. The van der Waals surface area contributed by atoms with E-state index >= 15 is 0 Å². The lowest BCUT2D eigenvalue weighted by atomic mass is 10.0. The first-order valence-corrected chi connectivity index (χ1v) is 7.69. The number of rotatable bonds is 6. The van der Waals surface area contributed by atoms with Crippen molar-refractivity contribution >= 4 is 10.0 Å². The molecule has 1 atom stereocenters. The van der Waals surface area contributed by atoms with Crippen LogP contribution in [-0.2, 0) is 10.0 Å². The minimum absolute atomic E-state index is 0.0250. The van der Waals surface area contributed by atoms with Gasteiger partial charge in [0.25, 0.3) is 0 Å². The number of hydrogen-bond donors (Lipinski definition) is 2. The van der Waals surface area contributed by atoms with E-state index in [0.29, 0.717) is 5.75 Å². The molecule has 19 heavy (non-hydrogen) atoms. The normalized spacial score (nSPS) is 18.9. The van der Waals surface area contributed by atoms with Crippen LogP contribution in [0.1, 0.15) is 19.8 Å². The third-order valence-corrected chi connectivity index (χ3v) is 4.83. The van der Waals surface area contributed by atoms with Gasteiger partial charge in [0.15, 0.2) is 0 Å². The molecular weight excluding hydrogens is 266 g/mol. The average molecular weight is 285 g/mol. The Kier molecular flexibility index (Phi) is 3.85. The Balaban J connectivity index is 2.09. The lowest BCUT2D eigenvalue weighted by Crippen LogP contribution is -2.42. The number of sulfonamides is 1. The highest BCUT2D eigenvalue weighted by Crippen LogP contribution is 2.39. The van der Waals surface area contributed by atoms with Crippen LogP contribution in [0.3, 0.4) is 0 Å². The molecule has 0 amide bonds. The van der Waals surface area contributed by atoms with E-state index in [4.69, 9.17) is 4.74 Å². The van der Waals surface area contributed by atoms with Gasteiger partial charge in [0.05, 0.1) is 17.6 Å². The quantitative estimate of drug-likeness (QED) is 0.821. The maximum Gasteiger partial charge on any atom is 0.240 e. The van der Waals surface area contributed by atoms with Gasteiger partial charge in [0.2, 0.25) is 10.0 Å². The molecule has 0 aromatic heterocycles. The molecule has 106 valence electrons. The van der Waals surface area contributed by atoms with Crippen molar-refractivity contribution in [1.29, 1.82) is 0 Å². The van der Waals surface area contributed by atoms with Crippen LogP contribution in [0.15, 0.2) is 29.2 Å². The van der Waals surface area contributed by atoms with Crippen LogP contribution in [0, 0.1) is 5.92 Å². The van der Waals surface area contributed by atoms with E-state index in [1.54, 1.807) is 19.1 Å². The van der Waals surface area contributed by atoms with Crippen LogP contribution in [-0.4, -0.2) is 32.8 Å². The van der Waals surface area contributed by atoms with Gasteiger partial charge in [0, 0.05) is 12.6 Å². The SMILES string of the molecule is COc1cccc(S(=O)(=O)NCC(C)(O)C2CC2)c1. The molecule has 1 fully saturated rings. The fourth-order valence-electron chi connectivity index (χ4n) is 1.94. The van der Waals surface area contributed by atoms with Crippen molar-refractivity contribution < 1.29 is 18.3 Å². The topological polar surface area (TPSA) is 75.6 Å². The van der Waals surface area contributed by atoms with Crippen molar-refractivity contribution in [3.8, 4) is 5.75 Å². The summed E-state index contributed by atoms with van der Waals surface area (Å²) in [5.41, 5.74) is -0.980. The smallest absolute Gasteiger partial charge is 0.240 e. The Morgan fingerprint density at radius 3 is 2.74 bits per heavy atom. The molecule has 1 saturated carbocycles. The van der Waals surface area contributed by atoms with Crippen LogP contribution in [0.4, 0.5) is 0 Å². The zero-order valence-electron chi connectivity index (χ0n) is 11.1. The number of nitrogens with one attached hydrogen (secondary N) is 1. The van der Waals surface area contributed by atoms with Crippen molar-refractivity contribution in [1.82, 2.24) is 4.72 Å². The van der Waals surface area contributed by atoms with Crippen molar-refractivity contribution in [3.05, 3.63) is 24.3 Å². The minimum Gasteiger partial charge on any atom is -0.497 e. The van der Waals surface area contributed by atoms with Crippen LogP contribution >= 0.6 is 0 Å². The van der Waals surface area contributed by atoms with Gasteiger partial charge in [-0.05, 0) is 37.8 Å². The second-order valence-electron chi connectivity index (χ2n) is 5.13. The summed E-state index contributed by atoms with van der Waals surface area (Å²) < 4.78 is 31.7. The third kappa shape index (κ3) is 3.46. The van der Waals surface area contributed by atoms with Crippen LogP contribution in [0.5, 0.6) is 5.75 Å². The van der Waals surface area contributed by atoms with Crippen molar-refractivity contribution in [2.75, 3.05) is 13.7 Å². The summed E-state index contributed by atoms with van der Waals surface area (Å²) in [5, 5.41) is 10.1. The number of benzene rings is 1. The zero-order chi connectivity index (χ0) is 14.1. The fraction of sp³-hybridized carbons (Fsp3) is 0.538. The lowest BCUT2D eigenvalue weighted by molar-refractivity contribution is 0.0422. The summed E-state index contributed by atoms with van der Waals surface area (Å²) >= 11 is 0. The highest BCUT2D eigenvalue weighted by molar-refractivity contribution is 7.89. The molecule has 0 heterocycles. The standard InChI is InChI=1S/C13H19NO4S/c1-13(15,10-6-7-10)9-14-19(16,17)12-5-3-4-11(8-12)18-2/h3-5,8,10,14-15H,6-7,9H2,1-2H3. The van der Waals surface area contributed by atoms with Gasteiger partial charge in [-0.15, -0.1) is 0 Å². The zero-order valence-corrected chi connectivity index (χ0v) is 11.9. The fourth-order valence-corrected chi connectivity index (χ4v) is 3.12. The second kappa shape index (κ2) is 5.11. The molecule has 1 aromatic rings. The van der Waals surface area contributed by atoms with Gasteiger partial charge in [-0.1, -0.05) is 6.07 Å². The summed E-state index contributed by atoms with van der Waals surface area (Å²) in [6.07, 6.45) is 1.90. The van der Waals surface area contributed by atoms with Crippen LogP contribution < -0.4 is 9.46 Å². The highest BCUT2D eigenvalue weighted by atomic mass is 32.2. The predicted molar refractivity (Wildman–Crippen MR) is 71.5 cm³/mol. The number of ether oxygens (including phenoxy) is 1. The van der Waals surface area contributed by atoms with Gasteiger partial charge in [-0.3, -0.25) is 0 Å². The van der Waals surface area contributed by atoms with Crippen molar-refractivity contribution in [3.63, 3.8) is 0 Å². The minimum atomic E-state index is -3.62. The Morgan fingerprint density at radius 1 is 1.47 bits per heavy atom. The first-order chi connectivity index (χ1) is 8.85. The average Bonchev–Trinajstić information content (AvgIpc) is 3.21. The molecule has 1 unspecified atom stereocenters. The Labute approximate surface area is 113 Å². The lowest BCUT2D eigenvalue weighted by Gasteiger charge is -2.23. The second-order valence-corrected chi connectivity index (χ2v) is 6.90. The third-order valence-electron chi connectivity index (χ3n) is 3.43. The molecule has 1 aliphatic rings. The summed E-state index contributed by atoms with van der Waals surface area (Å²) in [6.45, 7) is 1.69. The van der Waals surface area contributed by atoms with E-state index in [1.165, 1.54) is 19.2 Å². The molecule has 2 N–H and O–H groups in total. The summed E-state index contributed by atoms with van der Waals surface area (Å²) in [4.78, 5) is 0.137. The molecule has 0 radical (unpaired) electrons. The van der Waals surface area contributed by atoms with Gasteiger partial charge in [-0.25, -0.2) is 13.1 Å². The number of methoxy groups -OCH3 is 1. The van der Waals surface area contributed by atoms with Gasteiger partial charge in [-0.2, -0.15) is 0 Å². The van der Waals surface area contributed by atoms with Crippen molar-refractivity contribution in [2.45, 2.75) is 30.3 Å². The van der Waals surface area contributed by atoms with Gasteiger partial charge >= 0.3 is 0 Å². The molecule has 1 aliphatic carbocycles. The molecule has 0 spiro atoms. The highest BCUT2D eigenvalue weighted by Gasteiger charge is 2.40. The first kappa shape index (κ1) is 14.3. The molecule has 1 aromatic carbocycles. The first-order valence-electron chi connectivity index (χ1n) is 6.21.